The summed E-state index contributed by atoms with van der Waals surface area (Å²) >= 11 is 0. The van der Waals surface area contributed by atoms with Gasteiger partial charge in [-0.2, -0.15) is 0 Å². The van der Waals surface area contributed by atoms with E-state index in [1.165, 1.54) is 16.7 Å². The second kappa shape index (κ2) is 11.2. The van der Waals surface area contributed by atoms with E-state index in [-0.39, 0.29) is 12.0 Å². The van der Waals surface area contributed by atoms with Gasteiger partial charge in [0.05, 0.1) is 12.0 Å². The minimum absolute atomic E-state index is 0.0171. The summed E-state index contributed by atoms with van der Waals surface area (Å²) in [5.41, 5.74) is 5.78. The zero-order valence-corrected chi connectivity index (χ0v) is 20.3. The monoisotopic (exact) mass is 477 g/mol. The minimum Gasteiger partial charge on any atom is -0.489 e. The maximum atomic E-state index is 11.6. The number of piperidine rings is 1. The van der Waals surface area contributed by atoms with Crippen molar-refractivity contribution in [3.63, 3.8) is 0 Å². The first-order valence-corrected chi connectivity index (χ1v) is 12.6. The summed E-state index contributed by atoms with van der Waals surface area (Å²) < 4.78 is 6.35. The summed E-state index contributed by atoms with van der Waals surface area (Å²) in [4.78, 5) is 14.0. The van der Waals surface area contributed by atoms with Crippen LogP contribution in [0.15, 0.2) is 109 Å². The summed E-state index contributed by atoms with van der Waals surface area (Å²) in [5.74, 6) is -0.101. The van der Waals surface area contributed by atoms with Crippen molar-refractivity contribution in [1.82, 2.24) is 4.90 Å². The fourth-order valence-electron chi connectivity index (χ4n) is 5.05. The molecule has 0 aliphatic carbocycles. The number of hydrogen-bond acceptors (Lipinski definition) is 3. The molecule has 1 aliphatic heterocycles. The van der Waals surface area contributed by atoms with Gasteiger partial charge in [0.25, 0.3) is 0 Å². The van der Waals surface area contributed by atoms with Gasteiger partial charge in [0, 0.05) is 5.56 Å². The first-order chi connectivity index (χ1) is 17.7. The van der Waals surface area contributed by atoms with Gasteiger partial charge in [0.2, 0.25) is 0 Å². The number of carbonyl (C=O) groups is 1. The number of carboxylic acid groups (broad SMARTS) is 1. The lowest BCUT2D eigenvalue weighted by atomic mass is 9.90. The van der Waals surface area contributed by atoms with Crippen molar-refractivity contribution in [2.45, 2.75) is 25.5 Å². The van der Waals surface area contributed by atoms with Gasteiger partial charge in [-0.15, -0.1) is 0 Å². The first kappa shape index (κ1) is 23.8. The van der Waals surface area contributed by atoms with E-state index in [0.717, 1.165) is 30.0 Å². The van der Waals surface area contributed by atoms with Crippen LogP contribution in [0.4, 0.5) is 0 Å². The minimum atomic E-state index is -0.690. The van der Waals surface area contributed by atoms with Crippen LogP contribution in [-0.4, -0.2) is 29.1 Å². The second-order valence-electron chi connectivity index (χ2n) is 9.35. The van der Waals surface area contributed by atoms with E-state index in [2.05, 4.69) is 77.7 Å². The molecule has 1 aliphatic rings. The number of aliphatic carboxylic acids is 1. The van der Waals surface area contributed by atoms with E-state index in [9.17, 15) is 9.90 Å². The molecule has 0 amide bonds. The number of benzene rings is 4. The van der Waals surface area contributed by atoms with Crippen molar-refractivity contribution in [2.75, 3.05) is 13.1 Å². The Morgan fingerprint density at radius 2 is 1.36 bits per heavy atom. The molecular formula is C32H31NO3. The van der Waals surface area contributed by atoms with E-state index in [0.29, 0.717) is 19.4 Å². The Morgan fingerprint density at radius 3 is 2.03 bits per heavy atom. The molecule has 1 unspecified atom stereocenters. The second-order valence-corrected chi connectivity index (χ2v) is 9.35. The van der Waals surface area contributed by atoms with Crippen molar-refractivity contribution in [1.29, 1.82) is 0 Å². The van der Waals surface area contributed by atoms with Crippen molar-refractivity contribution in [2.24, 2.45) is 5.92 Å². The Bertz CT molecular complexity index is 1260. The van der Waals surface area contributed by atoms with E-state index in [4.69, 9.17) is 4.74 Å². The van der Waals surface area contributed by atoms with E-state index >= 15 is 0 Å². The summed E-state index contributed by atoms with van der Waals surface area (Å²) in [5, 5.41) is 9.52. The van der Waals surface area contributed by atoms with Crippen LogP contribution in [0.2, 0.25) is 0 Å². The molecule has 1 N–H and O–H groups in total. The van der Waals surface area contributed by atoms with Gasteiger partial charge in [0.15, 0.2) is 0 Å². The summed E-state index contributed by atoms with van der Waals surface area (Å²) in [6.45, 7) is 1.96. The van der Waals surface area contributed by atoms with Crippen LogP contribution < -0.4 is 4.74 Å². The van der Waals surface area contributed by atoms with Crippen LogP contribution in [0.1, 0.15) is 35.6 Å². The van der Waals surface area contributed by atoms with Gasteiger partial charge in [-0.05, 0) is 54.3 Å². The third-order valence-electron chi connectivity index (χ3n) is 7.03. The SMILES string of the molecule is O=C(O)C1CCN(C(c2ccc(-c3ccccc3)cc2)c2ccccc2OCc2ccccc2)CC1. The molecule has 4 heteroatoms. The molecule has 0 saturated carbocycles. The summed E-state index contributed by atoms with van der Waals surface area (Å²) in [6.07, 6.45) is 1.31. The molecule has 4 aromatic carbocycles. The highest BCUT2D eigenvalue weighted by molar-refractivity contribution is 5.70. The highest BCUT2D eigenvalue weighted by Gasteiger charge is 2.31. The lowest BCUT2D eigenvalue weighted by Crippen LogP contribution is -2.39. The van der Waals surface area contributed by atoms with Crippen molar-refractivity contribution in [3.8, 4) is 16.9 Å². The van der Waals surface area contributed by atoms with E-state index in [1.807, 2.05) is 36.4 Å². The Labute approximate surface area is 212 Å². The molecule has 1 saturated heterocycles. The topological polar surface area (TPSA) is 49.8 Å². The number of nitrogens with zero attached hydrogens (tertiary/aromatic N) is 1. The van der Waals surface area contributed by atoms with Crippen molar-refractivity contribution in [3.05, 3.63) is 126 Å². The first-order valence-electron chi connectivity index (χ1n) is 12.6. The maximum absolute atomic E-state index is 11.6. The Morgan fingerprint density at radius 1 is 0.778 bits per heavy atom. The molecule has 1 atom stereocenters. The molecule has 4 nitrogen and oxygen atoms in total. The molecule has 36 heavy (non-hydrogen) atoms. The number of rotatable bonds is 8. The molecule has 0 aromatic heterocycles. The predicted molar refractivity (Wildman–Crippen MR) is 143 cm³/mol. The number of likely N-dealkylation sites (tertiary alicyclic amines) is 1. The Hall–Kier alpha value is -3.89. The number of para-hydroxylation sites is 1. The molecule has 5 rings (SSSR count). The number of hydrogen-bond donors (Lipinski definition) is 1. The largest absolute Gasteiger partial charge is 0.489 e. The molecular weight excluding hydrogens is 446 g/mol. The molecule has 4 aromatic rings. The molecule has 182 valence electrons. The molecule has 1 heterocycles. The zero-order valence-electron chi connectivity index (χ0n) is 20.3. The lowest BCUT2D eigenvalue weighted by Gasteiger charge is -2.37. The lowest BCUT2D eigenvalue weighted by molar-refractivity contribution is -0.143. The predicted octanol–water partition coefficient (Wildman–Crippen LogP) is 6.82. The van der Waals surface area contributed by atoms with Crippen LogP contribution in [0, 0.1) is 5.92 Å². The van der Waals surface area contributed by atoms with Crippen LogP contribution in [0.25, 0.3) is 11.1 Å². The van der Waals surface area contributed by atoms with Crippen molar-refractivity contribution < 1.29 is 14.6 Å². The molecule has 1 fully saturated rings. The fourth-order valence-corrected chi connectivity index (χ4v) is 5.05. The van der Waals surface area contributed by atoms with Gasteiger partial charge in [-0.1, -0.05) is 103 Å². The van der Waals surface area contributed by atoms with Crippen molar-refractivity contribution >= 4 is 5.97 Å². The smallest absolute Gasteiger partial charge is 0.306 e. The summed E-state index contributed by atoms with van der Waals surface area (Å²) in [6, 6.07) is 37.5. The Balaban J connectivity index is 1.47. The van der Waals surface area contributed by atoms with E-state index in [1.54, 1.807) is 0 Å². The fraction of sp³-hybridized carbons (Fsp3) is 0.219. The average Bonchev–Trinajstić information content (AvgIpc) is 2.94. The molecule has 0 spiro atoms. The van der Waals surface area contributed by atoms with Gasteiger partial charge in [-0.25, -0.2) is 0 Å². The van der Waals surface area contributed by atoms with E-state index < -0.39 is 5.97 Å². The quantitative estimate of drug-likeness (QED) is 0.303. The third-order valence-corrected chi connectivity index (χ3v) is 7.03. The Kier molecular flexibility index (Phi) is 7.44. The summed E-state index contributed by atoms with van der Waals surface area (Å²) in [7, 11) is 0. The zero-order chi connectivity index (χ0) is 24.7. The normalized spacial score (nSPS) is 15.3. The van der Waals surface area contributed by atoms with Crippen LogP contribution in [0.5, 0.6) is 5.75 Å². The average molecular weight is 478 g/mol. The highest BCUT2D eigenvalue weighted by atomic mass is 16.5. The highest BCUT2D eigenvalue weighted by Crippen LogP contribution is 2.38. The van der Waals surface area contributed by atoms with Gasteiger partial charge < -0.3 is 9.84 Å². The van der Waals surface area contributed by atoms with Crippen LogP contribution >= 0.6 is 0 Å². The number of carboxylic acids is 1. The maximum Gasteiger partial charge on any atom is 0.306 e. The van der Waals surface area contributed by atoms with Gasteiger partial charge in [-0.3, -0.25) is 9.69 Å². The van der Waals surface area contributed by atoms with Crippen LogP contribution in [0.3, 0.4) is 0 Å². The molecule has 0 radical (unpaired) electrons. The standard InChI is InChI=1S/C32H31NO3/c34-32(35)28-19-21-33(22-20-28)31(27-17-15-26(16-18-27)25-11-5-2-6-12-25)29-13-7-8-14-30(29)36-23-24-9-3-1-4-10-24/h1-18,28,31H,19-23H2,(H,34,35). The van der Waals surface area contributed by atoms with Crippen LogP contribution in [-0.2, 0) is 11.4 Å². The van der Waals surface area contributed by atoms with Gasteiger partial charge in [0.1, 0.15) is 12.4 Å². The molecule has 0 bridgehead atoms. The third kappa shape index (κ3) is 5.50. The number of ether oxygens (including phenoxy) is 1. The van der Waals surface area contributed by atoms with Gasteiger partial charge >= 0.3 is 5.97 Å².